The Labute approximate surface area is 153 Å². The van der Waals surface area contributed by atoms with Gasteiger partial charge >= 0.3 is 0 Å². The first-order valence-electron chi connectivity index (χ1n) is 8.76. The fourth-order valence-corrected chi connectivity index (χ4v) is 3.24. The molecule has 0 spiro atoms. The Bertz CT molecular complexity index is 779. The van der Waals surface area contributed by atoms with Gasteiger partial charge in [0.05, 0.1) is 6.10 Å². The van der Waals surface area contributed by atoms with Crippen LogP contribution in [0.15, 0.2) is 48.8 Å². The fourth-order valence-electron chi connectivity index (χ4n) is 3.24. The zero-order valence-corrected chi connectivity index (χ0v) is 15.4. The van der Waals surface area contributed by atoms with Crippen LogP contribution in [0.5, 0.6) is 11.5 Å². The normalized spacial score (nSPS) is 23.8. The molecule has 0 aliphatic heterocycles. The number of nitrogens with zero attached hydrogens (tertiary/aromatic N) is 1. The molecular formula is C20H25N3O3. The highest BCUT2D eigenvalue weighted by molar-refractivity contribution is 5.99. The van der Waals surface area contributed by atoms with Crippen molar-refractivity contribution in [3.63, 3.8) is 0 Å². The third kappa shape index (κ3) is 3.30. The van der Waals surface area contributed by atoms with Crippen LogP contribution in [-0.2, 0) is 9.53 Å². The Kier molecular flexibility index (Phi) is 4.98. The van der Waals surface area contributed by atoms with E-state index >= 15 is 0 Å². The fraction of sp³-hybridized carbons (Fsp3) is 0.400. The minimum atomic E-state index is -0.963. The number of hydrogen-bond acceptors (Lipinski definition) is 5. The van der Waals surface area contributed by atoms with Crippen LogP contribution < -0.4 is 15.8 Å². The molecule has 1 fully saturated rings. The summed E-state index contributed by atoms with van der Waals surface area (Å²) in [5.74, 6) is 1.10. The molecule has 2 unspecified atom stereocenters. The molecule has 6 nitrogen and oxygen atoms in total. The third-order valence-electron chi connectivity index (χ3n) is 5.21. The van der Waals surface area contributed by atoms with Gasteiger partial charge in [0.2, 0.25) is 5.91 Å². The highest BCUT2D eigenvalue weighted by Gasteiger charge is 2.62. The van der Waals surface area contributed by atoms with Crippen LogP contribution in [0.1, 0.15) is 27.2 Å². The van der Waals surface area contributed by atoms with Crippen LogP contribution in [0.2, 0.25) is 0 Å². The topological polar surface area (TPSA) is 86.5 Å². The lowest BCUT2D eigenvalue weighted by Gasteiger charge is -2.57. The second-order valence-corrected chi connectivity index (χ2v) is 7.11. The van der Waals surface area contributed by atoms with Crippen LogP contribution in [0.4, 0.5) is 5.69 Å². The minimum absolute atomic E-state index is 0.00962. The van der Waals surface area contributed by atoms with Gasteiger partial charge in [0.1, 0.15) is 17.0 Å². The van der Waals surface area contributed by atoms with E-state index in [1.807, 2.05) is 39.0 Å². The van der Waals surface area contributed by atoms with E-state index < -0.39 is 11.0 Å². The van der Waals surface area contributed by atoms with Gasteiger partial charge in [-0.15, -0.1) is 0 Å². The van der Waals surface area contributed by atoms with Crippen molar-refractivity contribution >= 4 is 11.6 Å². The summed E-state index contributed by atoms with van der Waals surface area (Å²) >= 11 is 0. The lowest BCUT2D eigenvalue weighted by atomic mass is 9.54. The molecule has 26 heavy (non-hydrogen) atoms. The molecule has 0 radical (unpaired) electrons. The van der Waals surface area contributed by atoms with Gasteiger partial charge in [-0.2, -0.15) is 0 Å². The molecular weight excluding hydrogens is 330 g/mol. The number of rotatable bonds is 6. The Morgan fingerprint density at radius 1 is 1.27 bits per heavy atom. The van der Waals surface area contributed by atoms with Gasteiger partial charge in [-0.3, -0.25) is 9.78 Å². The van der Waals surface area contributed by atoms with E-state index in [4.69, 9.17) is 15.2 Å². The van der Waals surface area contributed by atoms with Gasteiger partial charge in [0.15, 0.2) is 0 Å². The average Bonchev–Trinajstić information content (AvgIpc) is 2.62. The summed E-state index contributed by atoms with van der Waals surface area (Å²) in [6, 6.07) is 10.8. The maximum absolute atomic E-state index is 12.8. The Balaban J connectivity index is 1.69. The van der Waals surface area contributed by atoms with Crippen LogP contribution in [0.25, 0.3) is 0 Å². The van der Waals surface area contributed by atoms with E-state index in [-0.39, 0.29) is 12.0 Å². The molecule has 2 atom stereocenters. The Morgan fingerprint density at radius 3 is 2.65 bits per heavy atom. The molecule has 1 heterocycles. The Morgan fingerprint density at radius 2 is 2.00 bits per heavy atom. The largest absolute Gasteiger partial charge is 0.457 e. The highest BCUT2D eigenvalue weighted by atomic mass is 16.5. The van der Waals surface area contributed by atoms with E-state index in [0.29, 0.717) is 30.2 Å². The van der Waals surface area contributed by atoms with Crippen LogP contribution in [0.3, 0.4) is 0 Å². The number of nitrogens with one attached hydrogen (secondary N) is 1. The van der Waals surface area contributed by atoms with E-state index in [2.05, 4.69) is 10.3 Å². The van der Waals surface area contributed by atoms with Crippen molar-refractivity contribution in [1.82, 2.24) is 4.98 Å². The molecule has 1 aromatic heterocycles. The number of pyridine rings is 1. The third-order valence-corrected chi connectivity index (χ3v) is 5.21. The number of carbonyl (C=O) groups excluding carboxylic acids is 1. The van der Waals surface area contributed by atoms with Crippen LogP contribution in [0, 0.1) is 5.41 Å². The predicted octanol–water partition coefficient (Wildman–Crippen LogP) is 3.34. The number of carbonyl (C=O) groups is 1. The summed E-state index contributed by atoms with van der Waals surface area (Å²) in [4.78, 5) is 16.8. The maximum atomic E-state index is 12.8. The van der Waals surface area contributed by atoms with Crippen molar-refractivity contribution in [2.75, 3.05) is 11.9 Å². The molecule has 2 aromatic rings. The minimum Gasteiger partial charge on any atom is -0.457 e. The molecule has 1 saturated carbocycles. The van der Waals surface area contributed by atoms with Crippen LogP contribution >= 0.6 is 0 Å². The summed E-state index contributed by atoms with van der Waals surface area (Å²) in [5, 5.41) is 2.92. The first kappa shape index (κ1) is 18.4. The average molecular weight is 355 g/mol. The lowest BCUT2D eigenvalue weighted by molar-refractivity contribution is -0.166. The molecule has 3 rings (SSSR count). The van der Waals surface area contributed by atoms with Gasteiger partial charge in [0, 0.05) is 42.6 Å². The molecule has 6 heteroatoms. The SMILES string of the molecule is CCOC1CC(N)(C(=O)Nc2cccc(Oc3ccncc3)c2)C1(C)C. The molecule has 0 bridgehead atoms. The molecule has 1 aliphatic rings. The van der Waals surface area contributed by atoms with Gasteiger partial charge in [-0.25, -0.2) is 0 Å². The number of amides is 1. The van der Waals surface area contributed by atoms with Crippen LogP contribution in [-0.4, -0.2) is 29.1 Å². The summed E-state index contributed by atoms with van der Waals surface area (Å²) in [6.07, 6.45) is 3.82. The molecule has 0 saturated heterocycles. The number of hydrogen-bond donors (Lipinski definition) is 2. The summed E-state index contributed by atoms with van der Waals surface area (Å²) in [5.41, 5.74) is 5.67. The van der Waals surface area contributed by atoms with Crippen molar-refractivity contribution < 1.29 is 14.3 Å². The van der Waals surface area contributed by atoms with E-state index in [9.17, 15) is 4.79 Å². The molecule has 138 valence electrons. The molecule has 3 N–H and O–H groups in total. The molecule has 1 aliphatic carbocycles. The van der Waals surface area contributed by atoms with Crippen molar-refractivity contribution in [3.8, 4) is 11.5 Å². The molecule has 1 aromatic carbocycles. The number of aromatic nitrogens is 1. The van der Waals surface area contributed by atoms with E-state index in [0.717, 1.165) is 0 Å². The lowest BCUT2D eigenvalue weighted by Crippen LogP contribution is -2.74. The Hall–Kier alpha value is -2.44. The second-order valence-electron chi connectivity index (χ2n) is 7.11. The van der Waals surface area contributed by atoms with Crippen molar-refractivity contribution in [2.24, 2.45) is 11.1 Å². The van der Waals surface area contributed by atoms with Crippen molar-refractivity contribution in [3.05, 3.63) is 48.8 Å². The van der Waals surface area contributed by atoms with Gasteiger partial charge in [-0.05, 0) is 31.2 Å². The monoisotopic (exact) mass is 355 g/mol. The highest BCUT2D eigenvalue weighted by Crippen LogP contribution is 2.50. The zero-order chi connectivity index (χ0) is 18.8. The summed E-state index contributed by atoms with van der Waals surface area (Å²) in [7, 11) is 0. The van der Waals surface area contributed by atoms with Crippen molar-refractivity contribution in [1.29, 1.82) is 0 Å². The number of benzene rings is 1. The summed E-state index contributed by atoms with van der Waals surface area (Å²) < 4.78 is 11.5. The molecule has 1 amide bonds. The van der Waals surface area contributed by atoms with E-state index in [1.54, 1.807) is 30.6 Å². The van der Waals surface area contributed by atoms with E-state index in [1.165, 1.54) is 0 Å². The van der Waals surface area contributed by atoms with Gasteiger partial charge in [-0.1, -0.05) is 19.9 Å². The predicted molar refractivity (Wildman–Crippen MR) is 100 cm³/mol. The zero-order valence-electron chi connectivity index (χ0n) is 15.4. The van der Waals surface area contributed by atoms with Gasteiger partial charge < -0.3 is 20.5 Å². The number of anilines is 1. The quantitative estimate of drug-likeness (QED) is 0.830. The number of ether oxygens (including phenoxy) is 2. The first-order valence-corrected chi connectivity index (χ1v) is 8.76. The standard InChI is InChI=1S/C20H25N3O3/c1-4-25-17-13-20(21,19(17,2)3)18(24)23-14-6-5-7-16(12-14)26-15-8-10-22-11-9-15/h5-12,17H,4,13,21H2,1-3H3,(H,23,24). The summed E-state index contributed by atoms with van der Waals surface area (Å²) in [6.45, 7) is 6.50. The van der Waals surface area contributed by atoms with Crippen molar-refractivity contribution in [2.45, 2.75) is 38.8 Å². The second kappa shape index (κ2) is 7.05. The van der Waals surface area contributed by atoms with Gasteiger partial charge in [0.25, 0.3) is 0 Å². The smallest absolute Gasteiger partial charge is 0.245 e. The first-order chi connectivity index (χ1) is 12.4. The maximum Gasteiger partial charge on any atom is 0.245 e. The number of nitrogens with two attached hydrogens (primary N) is 1.